The summed E-state index contributed by atoms with van der Waals surface area (Å²) in [5.74, 6) is -0.268. The summed E-state index contributed by atoms with van der Waals surface area (Å²) in [6.07, 6.45) is -2.74. The lowest BCUT2D eigenvalue weighted by atomic mass is 10.1. The van der Waals surface area contributed by atoms with Crippen molar-refractivity contribution in [3.63, 3.8) is 0 Å². The van der Waals surface area contributed by atoms with Crippen LogP contribution >= 0.6 is 11.6 Å². The number of halogens is 4. The van der Waals surface area contributed by atoms with Crippen molar-refractivity contribution in [2.75, 3.05) is 14.1 Å². The predicted octanol–water partition coefficient (Wildman–Crippen LogP) is 4.00. The van der Waals surface area contributed by atoms with Crippen LogP contribution in [0, 0.1) is 0 Å². The van der Waals surface area contributed by atoms with Gasteiger partial charge in [-0.2, -0.15) is 13.2 Å². The van der Waals surface area contributed by atoms with Crippen molar-refractivity contribution in [2.24, 2.45) is 0 Å². The molecule has 0 atom stereocenters. The molecule has 0 radical (unpaired) electrons. The lowest BCUT2D eigenvalue weighted by Crippen LogP contribution is -2.25. The molecule has 2 aromatic heterocycles. The minimum atomic E-state index is -4.39. The third-order valence-corrected chi connectivity index (χ3v) is 4.39. The quantitative estimate of drug-likeness (QED) is 0.691. The minimum Gasteiger partial charge on any atom is -0.343 e. The Morgan fingerprint density at radius 2 is 1.96 bits per heavy atom. The van der Waals surface area contributed by atoms with E-state index in [1.807, 2.05) is 0 Å². The fraction of sp³-hybridized carbons (Fsp3) is 0.263. The van der Waals surface area contributed by atoms with Crippen molar-refractivity contribution in [1.29, 1.82) is 0 Å². The van der Waals surface area contributed by atoms with Crippen LogP contribution in [0.3, 0.4) is 0 Å². The Morgan fingerprint density at radius 1 is 1.21 bits per heavy atom. The van der Waals surface area contributed by atoms with Crippen molar-refractivity contribution in [2.45, 2.75) is 19.3 Å². The predicted molar refractivity (Wildman–Crippen MR) is 100 cm³/mol. The van der Waals surface area contributed by atoms with Gasteiger partial charge in [-0.15, -0.1) is 0 Å². The molecule has 2 heterocycles. The first kappa shape index (κ1) is 20.2. The Morgan fingerprint density at radius 3 is 2.64 bits per heavy atom. The van der Waals surface area contributed by atoms with E-state index in [2.05, 4.69) is 10.3 Å². The van der Waals surface area contributed by atoms with E-state index in [9.17, 15) is 18.0 Å². The van der Waals surface area contributed by atoms with Gasteiger partial charge >= 0.3 is 6.18 Å². The number of carbonyl (C=O) groups is 1. The van der Waals surface area contributed by atoms with Gasteiger partial charge in [0.1, 0.15) is 5.65 Å². The number of nitrogens with one attached hydrogen (secondary N) is 1. The van der Waals surface area contributed by atoms with Crippen molar-refractivity contribution in [3.8, 4) is 0 Å². The summed E-state index contributed by atoms with van der Waals surface area (Å²) in [6, 6.07) is 8.49. The lowest BCUT2D eigenvalue weighted by molar-refractivity contribution is -0.137. The number of aromatic nitrogens is 2. The van der Waals surface area contributed by atoms with E-state index < -0.39 is 11.7 Å². The standard InChI is InChI=1S/C19H18ClF3N4O/c1-26(2)18(28)17-15(27-11-14(20)6-7-16(27)25-17)10-24-9-12-4-3-5-13(8-12)19(21,22)23/h3-8,11,24H,9-10H2,1-2H3. The van der Waals surface area contributed by atoms with E-state index in [0.717, 1.165) is 12.1 Å². The zero-order valence-corrected chi connectivity index (χ0v) is 16.0. The van der Waals surface area contributed by atoms with E-state index in [-0.39, 0.29) is 24.7 Å². The summed E-state index contributed by atoms with van der Waals surface area (Å²) in [5, 5.41) is 3.57. The summed E-state index contributed by atoms with van der Waals surface area (Å²) >= 11 is 6.06. The minimum absolute atomic E-state index is 0.202. The number of carbonyl (C=O) groups excluding carboxylic acids is 1. The number of amides is 1. The summed E-state index contributed by atoms with van der Waals surface area (Å²) in [5.41, 5.74) is 1.21. The van der Waals surface area contributed by atoms with Crippen molar-refractivity contribution in [3.05, 3.63) is 70.1 Å². The first-order valence-electron chi connectivity index (χ1n) is 8.42. The lowest BCUT2D eigenvalue weighted by Gasteiger charge is -2.12. The maximum absolute atomic E-state index is 12.9. The summed E-state index contributed by atoms with van der Waals surface area (Å²) in [4.78, 5) is 18.3. The number of pyridine rings is 1. The first-order chi connectivity index (χ1) is 13.2. The Kier molecular flexibility index (Phi) is 5.62. The summed E-state index contributed by atoms with van der Waals surface area (Å²) < 4.78 is 40.3. The van der Waals surface area contributed by atoms with Gasteiger partial charge < -0.3 is 14.6 Å². The second-order valence-corrected chi connectivity index (χ2v) is 6.92. The van der Waals surface area contributed by atoms with Crippen molar-refractivity contribution < 1.29 is 18.0 Å². The third-order valence-electron chi connectivity index (χ3n) is 4.17. The number of hydrogen-bond acceptors (Lipinski definition) is 3. The fourth-order valence-corrected chi connectivity index (χ4v) is 2.96. The van der Waals surface area contributed by atoms with E-state index in [0.29, 0.717) is 21.9 Å². The van der Waals surface area contributed by atoms with Gasteiger partial charge in [0, 0.05) is 33.4 Å². The van der Waals surface area contributed by atoms with Gasteiger partial charge in [-0.25, -0.2) is 4.98 Å². The van der Waals surface area contributed by atoms with E-state index in [1.54, 1.807) is 42.9 Å². The topological polar surface area (TPSA) is 49.6 Å². The number of fused-ring (bicyclic) bond motifs is 1. The molecule has 0 spiro atoms. The number of hydrogen-bond donors (Lipinski definition) is 1. The molecule has 0 saturated carbocycles. The summed E-state index contributed by atoms with van der Waals surface area (Å²) in [6.45, 7) is 0.431. The van der Waals surface area contributed by atoms with Gasteiger partial charge in [-0.05, 0) is 23.8 Å². The number of imidazole rings is 1. The van der Waals surface area contributed by atoms with Gasteiger partial charge in [0.05, 0.1) is 16.3 Å². The molecule has 1 N–H and O–H groups in total. The second-order valence-electron chi connectivity index (χ2n) is 6.48. The molecule has 0 saturated heterocycles. The van der Waals surface area contributed by atoms with Crippen LogP contribution in [0.1, 0.15) is 27.3 Å². The van der Waals surface area contributed by atoms with Gasteiger partial charge in [0.2, 0.25) is 0 Å². The number of nitrogens with zero attached hydrogens (tertiary/aromatic N) is 3. The highest BCUT2D eigenvalue weighted by atomic mass is 35.5. The Hall–Kier alpha value is -2.58. The molecular formula is C19H18ClF3N4O. The number of rotatable bonds is 5. The average Bonchev–Trinajstić information content (AvgIpc) is 2.98. The molecule has 3 rings (SSSR count). The molecule has 1 aromatic carbocycles. The molecule has 0 fully saturated rings. The van der Waals surface area contributed by atoms with E-state index >= 15 is 0 Å². The normalized spacial score (nSPS) is 11.8. The second kappa shape index (κ2) is 7.81. The van der Waals surface area contributed by atoms with Crippen LogP contribution in [-0.2, 0) is 19.3 Å². The SMILES string of the molecule is CN(C)C(=O)c1nc2ccc(Cl)cn2c1CNCc1cccc(C(F)(F)F)c1. The van der Waals surface area contributed by atoms with Crippen LogP contribution in [0.4, 0.5) is 13.2 Å². The van der Waals surface area contributed by atoms with Crippen molar-refractivity contribution in [1.82, 2.24) is 19.6 Å². The molecule has 148 valence electrons. The highest BCUT2D eigenvalue weighted by Gasteiger charge is 2.30. The molecule has 0 aliphatic heterocycles. The molecule has 0 unspecified atom stereocenters. The Balaban J connectivity index is 1.85. The molecule has 28 heavy (non-hydrogen) atoms. The number of alkyl halides is 3. The van der Waals surface area contributed by atoms with E-state index in [4.69, 9.17) is 11.6 Å². The summed E-state index contributed by atoms with van der Waals surface area (Å²) in [7, 11) is 3.25. The number of benzene rings is 1. The highest BCUT2D eigenvalue weighted by Crippen LogP contribution is 2.29. The third kappa shape index (κ3) is 4.28. The van der Waals surface area contributed by atoms with Crippen LogP contribution in [0.15, 0.2) is 42.6 Å². The fourth-order valence-electron chi connectivity index (χ4n) is 2.80. The van der Waals surface area contributed by atoms with Gasteiger partial charge in [0.25, 0.3) is 5.91 Å². The smallest absolute Gasteiger partial charge is 0.343 e. The van der Waals surface area contributed by atoms with E-state index in [1.165, 1.54) is 11.0 Å². The van der Waals surface area contributed by atoms with Crippen LogP contribution in [0.2, 0.25) is 5.02 Å². The Labute approximate surface area is 164 Å². The Bertz CT molecular complexity index is 1010. The zero-order chi connectivity index (χ0) is 20.5. The molecule has 3 aromatic rings. The molecule has 9 heteroatoms. The highest BCUT2D eigenvalue weighted by molar-refractivity contribution is 6.30. The van der Waals surface area contributed by atoms with Crippen molar-refractivity contribution >= 4 is 23.2 Å². The maximum Gasteiger partial charge on any atom is 0.416 e. The molecule has 0 aliphatic rings. The average molecular weight is 411 g/mol. The molecule has 5 nitrogen and oxygen atoms in total. The zero-order valence-electron chi connectivity index (χ0n) is 15.2. The van der Waals surface area contributed by atoms with Gasteiger partial charge in [0.15, 0.2) is 5.69 Å². The van der Waals surface area contributed by atoms with Crippen LogP contribution in [0.5, 0.6) is 0 Å². The van der Waals surface area contributed by atoms with Crippen LogP contribution < -0.4 is 5.32 Å². The molecule has 0 bridgehead atoms. The largest absolute Gasteiger partial charge is 0.416 e. The van der Waals surface area contributed by atoms with Crippen LogP contribution in [0.25, 0.3) is 5.65 Å². The van der Waals surface area contributed by atoms with Gasteiger partial charge in [-0.3, -0.25) is 4.79 Å². The monoisotopic (exact) mass is 410 g/mol. The molecular weight excluding hydrogens is 393 g/mol. The molecule has 1 amide bonds. The first-order valence-corrected chi connectivity index (χ1v) is 8.79. The van der Waals surface area contributed by atoms with Gasteiger partial charge in [-0.1, -0.05) is 29.8 Å². The van der Waals surface area contributed by atoms with Crippen LogP contribution in [-0.4, -0.2) is 34.3 Å². The molecule has 0 aliphatic carbocycles. The maximum atomic E-state index is 12.9.